The molecule has 2 aromatic rings. The van der Waals surface area contributed by atoms with Gasteiger partial charge in [0, 0.05) is 0 Å². The fourth-order valence-corrected chi connectivity index (χ4v) is 2.62. The highest BCUT2D eigenvalue weighted by Gasteiger charge is 2.02. The number of benzene rings is 2. The Hall–Kier alpha value is -1.88. The lowest BCUT2D eigenvalue weighted by molar-refractivity contribution is 0.602. The molecule has 0 aliphatic heterocycles. The van der Waals surface area contributed by atoms with E-state index in [1.807, 2.05) is 0 Å². The minimum Gasteiger partial charge on any atom is -0.576 e. The van der Waals surface area contributed by atoms with Crippen LogP contribution in [0.3, 0.4) is 0 Å². The van der Waals surface area contributed by atoms with Crippen molar-refractivity contribution in [3.8, 4) is 0 Å². The molecule has 0 aliphatic carbocycles. The smallest absolute Gasteiger partial charge is 0.122 e. The SMILES string of the molecule is O=S(=O)(Cc1ccccc1)[N-]c1cccc(F)c1. The summed E-state index contributed by atoms with van der Waals surface area (Å²) in [4.78, 5) is 0. The average molecular weight is 264 g/mol. The molecule has 0 amide bonds. The lowest BCUT2D eigenvalue weighted by atomic mass is 10.2. The molecule has 0 bridgehead atoms. The Bertz CT molecular complexity index is 626. The van der Waals surface area contributed by atoms with Crippen molar-refractivity contribution in [2.75, 3.05) is 0 Å². The van der Waals surface area contributed by atoms with Crippen molar-refractivity contribution in [3.63, 3.8) is 0 Å². The summed E-state index contributed by atoms with van der Waals surface area (Å²) < 4.78 is 40.1. The first-order chi connectivity index (χ1) is 8.55. The maximum Gasteiger partial charge on any atom is 0.122 e. The van der Waals surface area contributed by atoms with Crippen LogP contribution in [-0.4, -0.2) is 8.42 Å². The molecule has 0 atom stereocenters. The van der Waals surface area contributed by atoms with Gasteiger partial charge >= 0.3 is 0 Å². The maximum absolute atomic E-state index is 12.9. The molecule has 0 heterocycles. The van der Waals surface area contributed by atoms with Crippen LogP contribution in [0.2, 0.25) is 0 Å². The highest BCUT2D eigenvalue weighted by atomic mass is 32.2. The molecule has 0 aliphatic rings. The van der Waals surface area contributed by atoms with E-state index >= 15 is 0 Å². The maximum atomic E-state index is 12.9. The molecule has 0 saturated carbocycles. The van der Waals surface area contributed by atoms with Crippen molar-refractivity contribution in [2.24, 2.45) is 0 Å². The number of rotatable bonds is 4. The fraction of sp³-hybridized carbons (Fsp3) is 0.0769. The monoisotopic (exact) mass is 264 g/mol. The Morgan fingerprint density at radius 1 is 1.00 bits per heavy atom. The molecule has 94 valence electrons. The Morgan fingerprint density at radius 3 is 2.39 bits per heavy atom. The zero-order chi connectivity index (χ0) is 13.0. The highest BCUT2D eigenvalue weighted by Crippen LogP contribution is 2.25. The third kappa shape index (κ3) is 3.56. The van der Waals surface area contributed by atoms with Crippen molar-refractivity contribution in [1.29, 1.82) is 0 Å². The Kier molecular flexibility index (Phi) is 3.62. The molecule has 0 spiro atoms. The van der Waals surface area contributed by atoms with E-state index in [0.29, 0.717) is 5.56 Å². The number of sulfonamides is 1. The van der Waals surface area contributed by atoms with Crippen LogP contribution in [0.25, 0.3) is 4.72 Å². The van der Waals surface area contributed by atoms with E-state index in [1.54, 1.807) is 30.3 Å². The van der Waals surface area contributed by atoms with Crippen LogP contribution >= 0.6 is 0 Å². The molecule has 2 aromatic carbocycles. The molecule has 0 N–H and O–H groups in total. The van der Waals surface area contributed by atoms with E-state index in [-0.39, 0.29) is 11.4 Å². The first-order valence-electron chi connectivity index (χ1n) is 5.30. The van der Waals surface area contributed by atoms with Crippen LogP contribution in [0.15, 0.2) is 54.6 Å². The van der Waals surface area contributed by atoms with E-state index in [1.165, 1.54) is 18.2 Å². The van der Waals surface area contributed by atoms with Gasteiger partial charge in [-0.1, -0.05) is 42.5 Å². The quantitative estimate of drug-likeness (QED) is 0.850. The molecule has 0 radical (unpaired) electrons. The van der Waals surface area contributed by atoms with Gasteiger partial charge in [0.05, 0.1) is 15.8 Å². The summed E-state index contributed by atoms with van der Waals surface area (Å²) in [5.74, 6) is -0.698. The van der Waals surface area contributed by atoms with Crippen LogP contribution in [0, 0.1) is 5.82 Å². The number of nitrogens with zero attached hydrogens (tertiary/aromatic N) is 1. The Balaban J connectivity index is 2.13. The molecule has 0 unspecified atom stereocenters. The van der Waals surface area contributed by atoms with Crippen LogP contribution in [-0.2, 0) is 15.8 Å². The molecule has 5 heteroatoms. The van der Waals surface area contributed by atoms with E-state index in [4.69, 9.17) is 0 Å². The van der Waals surface area contributed by atoms with Crippen molar-refractivity contribution >= 4 is 15.7 Å². The number of hydrogen-bond acceptors (Lipinski definition) is 2. The van der Waals surface area contributed by atoms with Crippen molar-refractivity contribution in [3.05, 3.63) is 70.7 Å². The van der Waals surface area contributed by atoms with Gasteiger partial charge in [0.25, 0.3) is 0 Å². The first kappa shape index (κ1) is 12.6. The molecular formula is C13H11FNO2S-. The molecule has 0 saturated heterocycles. The highest BCUT2D eigenvalue weighted by molar-refractivity contribution is 7.93. The summed E-state index contributed by atoms with van der Waals surface area (Å²) in [5, 5.41) is 0. The molecule has 2 rings (SSSR count). The number of hydrogen-bond donors (Lipinski definition) is 0. The summed E-state index contributed by atoms with van der Waals surface area (Å²) >= 11 is 0. The summed E-state index contributed by atoms with van der Waals surface area (Å²) in [6.07, 6.45) is 0. The third-order valence-electron chi connectivity index (χ3n) is 2.24. The largest absolute Gasteiger partial charge is 0.576 e. The minimum absolute atomic E-state index is 0.103. The van der Waals surface area contributed by atoms with Crippen LogP contribution in [0.4, 0.5) is 10.1 Å². The predicted molar refractivity (Wildman–Crippen MR) is 68.5 cm³/mol. The van der Waals surface area contributed by atoms with E-state index in [0.717, 1.165) is 6.07 Å². The second kappa shape index (κ2) is 5.18. The van der Waals surface area contributed by atoms with Gasteiger partial charge in [-0.15, -0.1) is 5.69 Å². The van der Waals surface area contributed by atoms with Crippen molar-refractivity contribution in [1.82, 2.24) is 0 Å². The zero-order valence-corrected chi connectivity index (χ0v) is 10.3. The van der Waals surface area contributed by atoms with E-state index in [2.05, 4.69) is 4.72 Å². The summed E-state index contributed by atoms with van der Waals surface area (Å²) in [6.45, 7) is 0. The molecular weight excluding hydrogens is 253 g/mol. The topological polar surface area (TPSA) is 48.2 Å². The van der Waals surface area contributed by atoms with Crippen LogP contribution in [0.5, 0.6) is 0 Å². The lowest BCUT2D eigenvalue weighted by Gasteiger charge is -2.21. The van der Waals surface area contributed by atoms with Crippen LogP contribution in [0.1, 0.15) is 5.56 Å². The van der Waals surface area contributed by atoms with Crippen molar-refractivity contribution < 1.29 is 12.8 Å². The second-order valence-electron chi connectivity index (χ2n) is 3.78. The zero-order valence-electron chi connectivity index (χ0n) is 9.45. The molecule has 0 aromatic heterocycles. The lowest BCUT2D eigenvalue weighted by Crippen LogP contribution is -2.01. The fourth-order valence-electron chi connectivity index (χ4n) is 1.51. The average Bonchev–Trinajstić information content (AvgIpc) is 2.28. The van der Waals surface area contributed by atoms with Gasteiger partial charge < -0.3 is 4.72 Å². The van der Waals surface area contributed by atoms with Gasteiger partial charge in [-0.05, 0) is 17.7 Å². The predicted octanol–water partition coefficient (Wildman–Crippen LogP) is 3.36. The van der Waals surface area contributed by atoms with E-state index in [9.17, 15) is 12.8 Å². The van der Waals surface area contributed by atoms with E-state index < -0.39 is 15.8 Å². The Labute approximate surface area is 105 Å². The van der Waals surface area contributed by atoms with Gasteiger partial charge in [0.1, 0.15) is 5.82 Å². The van der Waals surface area contributed by atoms with Crippen molar-refractivity contribution in [2.45, 2.75) is 5.75 Å². The molecule has 3 nitrogen and oxygen atoms in total. The normalized spacial score (nSPS) is 11.2. The number of halogens is 1. The standard InChI is InChI=1S/C13H11FNO2S/c14-12-7-4-8-13(9-12)15-18(16,17)10-11-5-2-1-3-6-11/h1-9H,10H2/q-1. The molecule has 0 fully saturated rings. The first-order valence-corrected chi connectivity index (χ1v) is 6.91. The van der Waals surface area contributed by atoms with Crippen LogP contribution < -0.4 is 0 Å². The molecule has 18 heavy (non-hydrogen) atoms. The van der Waals surface area contributed by atoms with Gasteiger partial charge in [-0.25, -0.2) is 12.8 Å². The second-order valence-corrected chi connectivity index (χ2v) is 5.42. The minimum atomic E-state index is -3.65. The summed E-state index contributed by atoms with van der Waals surface area (Å²) in [7, 11) is -3.65. The summed E-state index contributed by atoms with van der Waals surface area (Å²) in [5.41, 5.74) is 0.753. The third-order valence-corrected chi connectivity index (χ3v) is 3.43. The van der Waals surface area contributed by atoms with Gasteiger partial charge in [0.15, 0.2) is 0 Å². The van der Waals surface area contributed by atoms with Gasteiger partial charge in [0.2, 0.25) is 0 Å². The summed E-state index contributed by atoms with van der Waals surface area (Å²) in [6, 6.07) is 13.9. The van der Waals surface area contributed by atoms with Gasteiger partial charge in [-0.3, -0.25) is 0 Å². The van der Waals surface area contributed by atoms with Gasteiger partial charge in [-0.2, -0.15) is 0 Å². The Morgan fingerprint density at radius 2 is 1.72 bits per heavy atom.